The number of carbonyl (C=O) groups excluding carboxylic acids is 3. The molecule has 0 aromatic heterocycles. The number of carbonyl (C=O) groups is 3. The van der Waals surface area contributed by atoms with Crippen LogP contribution in [0.2, 0.25) is 5.02 Å². The van der Waals surface area contributed by atoms with Gasteiger partial charge in [-0.3, -0.25) is 9.59 Å². The summed E-state index contributed by atoms with van der Waals surface area (Å²) in [5, 5.41) is 0.397. The van der Waals surface area contributed by atoms with Crippen LogP contribution in [0.3, 0.4) is 0 Å². The average molecular weight is 253 g/mol. The Labute approximate surface area is 102 Å². The molecule has 6 heteroatoms. The van der Waals surface area contributed by atoms with Gasteiger partial charge in [-0.15, -0.1) is 0 Å². The first-order valence-corrected chi connectivity index (χ1v) is 5.24. The second-order valence-corrected chi connectivity index (χ2v) is 4.20. The maximum absolute atomic E-state index is 11.9. The highest BCUT2D eigenvalue weighted by molar-refractivity contribution is 6.32. The van der Waals surface area contributed by atoms with Gasteiger partial charge >= 0.3 is 6.03 Å². The lowest BCUT2D eigenvalue weighted by Gasteiger charge is -2.11. The molecular formula is C11H9ClN2O3. The summed E-state index contributed by atoms with van der Waals surface area (Å²) in [7, 11) is 0. The van der Waals surface area contributed by atoms with Gasteiger partial charge in [-0.2, -0.15) is 0 Å². The number of nitrogens with zero attached hydrogens (tertiary/aromatic N) is 1. The molecule has 1 aromatic carbocycles. The van der Waals surface area contributed by atoms with E-state index < -0.39 is 17.9 Å². The van der Waals surface area contributed by atoms with Crippen LogP contribution in [0.1, 0.15) is 18.4 Å². The summed E-state index contributed by atoms with van der Waals surface area (Å²) in [5.41, 5.74) is 5.88. The maximum Gasteiger partial charge on any atom is 0.326 e. The molecule has 0 saturated heterocycles. The summed E-state index contributed by atoms with van der Waals surface area (Å²) in [6.07, 6.45) is 0. The third-order valence-corrected chi connectivity index (χ3v) is 2.87. The molecule has 0 bridgehead atoms. The van der Waals surface area contributed by atoms with Gasteiger partial charge in [0.05, 0.1) is 5.69 Å². The fraction of sp³-hybridized carbons (Fsp3) is 0.182. The predicted octanol–water partition coefficient (Wildman–Crippen LogP) is 1.44. The Bertz CT molecular complexity index is 542. The van der Waals surface area contributed by atoms with Crippen LogP contribution in [0, 0.1) is 0 Å². The Morgan fingerprint density at radius 1 is 1.41 bits per heavy atom. The number of urea groups is 1. The molecule has 88 valence electrons. The Morgan fingerprint density at radius 3 is 2.59 bits per heavy atom. The average Bonchev–Trinajstić information content (AvgIpc) is 2.48. The highest BCUT2D eigenvalue weighted by atomic mass is 35.5. The molecule has 1 atom stereocenters. The zero-order chi connectivity index (χ0) is 12.7. The number of hydrogen-bond acceptors (Lipinski definition) is 3. The van der Waals surface area contributed by atoms with Crippen LogP contribution >= 0.6 is 11.6 Å². The molecule has 0 fully saturated rings. The molecule has 5 nitrogen and oxygen atoms in total. The summed E-state index contributed by atoms with van der Waals surface area (Å²) < 4.78 is 0. The Morgan fingerprint density at radius 2 is 2.06 bits per heavy atom. The molecule has 2 N–H and O–H groups in total. The third kappa shape index (κ3) is 1.68. The number of anilines is 1. The fourth-order valence-electron chi connectivity index (χ4n) is 1.96. The van der Waals surface area contributed by atoms with Crippen molar-refractivity contribution >= 4 is 35.0 Å². The lowest BCUT2D eigenvalue weighted by Crippen LogP contribution is -2.40. The number of Topliss-reactive ketones (excluding diaryl/α,β-unsaturated/α-hetero) is 1. The summed E-state index contributed by atoms with van der Waals surface area (Å²) in [6.45, 7) is 1.29. The second-order valence-electron chi connectivity index (χ2n) is 3.76. The molecule has 0 saturated carbocycles. The molecule has 0 aliphatic carbocycles. The van der Waals surface area contributed by atoms with Crippen LogP contribution in [0.4, 0.5) is 10.5 Å². The minimum Gasteiger partial charge on any atom is -0.351 e. The van der Waals surface area contributed by atoms with Gasteiger partial charge in [0, 0.05) is 5.02 Å². The largest absolute Gasteiger partial charge is 0.351 e. The van der Waals surface area contributed by atoms with Gasteiger partial charge in [0.25, 0.3) is 0 Å². The van der Waals surface area contributed by atoms with Crippen LogP contribution in [-0.4, -0.2) is 17.7 Å². The SMILES string of the molecule is CC(=O)C1C(=O)N(C(N)=O)c2ccc(Cl)cc21. The first-order chi connectivity index (χ1) is 7.93. The Balaban J connectivity index is 2.65. The Hall–Kier alpha value is -1.88. The van der Waals surface area contributed by atoms with E-state index in [1.54, 1.807) is 0 Å². The molecule has 0 spiro atoms. The van der Waals surface area contributed by atoms with Crippen molar-refractivity contribution in [2.75, 3.05) is 4.90 Å². The topological polar surface area (TPSA) is 80.5 Å². The van der Waals surface area contributed by atoms with Crippen LogP contribution in [0.15, 0.2) is 18.2 Å². The summed E-state index contributed by atoms with van der Waals surface area (Å²) >= 11 is 5.81. The highest BCUT2D eigenvalue weighted by Gasteiger charge is 2.42. The number of benzene rings is 1. The van der Waals surface area contributed by atoms with E-state index in [-0.39, 0.29) is 5.78 Å². The van der Waals surface area contributed by atoms with E-state index in [2.05, 4.69) is 0 Å². The van der Waals surface area contributed by atoms with E-state index in [4.69, 9.17) is 17.3 Å². The smallest absolute Gasteiger partial charge is 0.326 e. The number of hydrogen-bond donors (Lipinski definition) is 1. The summed E-state index contributed by atoms with van der Waals surface area (Å²) in [6, 6.07) is 3.64. The summed E-state index contributed by atoms with van der Waals surface area (Å²) in [4.78, 5) is 35.4. The van der Waals surface area contributed by atoms with E-state index in [1.165, 1.54) is 25.1 Å². The maximum atomic E-state index is 11.9. The zero-order valence-corrected chi connectivity index (χ0v) is 9.69. The number of rotatable bonds is 1. The van der Waals surface area contributed by atoms with Crippen LogP contribution in [0.5, 0.6) is 0 Å². The fourth-order valence-corrected chi connectivity index (χ4v) is 2.14. The van der Waals surface area contributed by atoms with Crippen molar-refractivity contribution in [1.82, 2.24) is 0 Å². The molecule has 17 heavy (non-hydrogen) atoms. The number of halogens is 1. The van der Waals surface area contributed by atoms with Gasteiger partial charge in [0.2, 0.25) is 5.91 Å². The minimum absolute atomic E-state index is 0.326. The lowest BCUT2D eigenvalue weighted by molar-refractivity contribution is -0.126. The number of ketones is 1. The summed E-state index contributed by atoms with van der Waals surface area (Å²) in [5.74, 6) is -1.96. The quantitative estimate of drug-likeness (QED) is 0.768. The molecular weight excluding hydrogens is 244 g/mol. The van der Waals surface area contributed by atoms with Gasteiger partial charge in [-0.05, 0) is 30.7 Å². The van der Waals surface area contributed by atoms with Crippen LogP contribution in [-0.2, 0) is 9.59 Å². The van der Waals surface area contributed by atoms with E-state index in [0.717, 1.165) is 4.90 Å². The molecule has 1 unspecified atom stereocenters. The first-order valence-electron chi connectivity index (χ1n) is 4.86. The van der Waals surface area contributed by atoms with Crippen molar-refractivity contribution in [2.45, 2.75) is 12.8 Å². The van der Waals surface area contributed by atoms with Crippen LogP contribution < -0.4 is 10.6 Å². The van der Waals surface area contributed by atoms with Crippen molar-refractivity contribution in [3.63, 3.8) is 0 Å². The monoisotopic (exact) mass is 252 g/mol. The minimum atomic E-state index is -0.990. The predicted molar refractivity (Wildman–Crippen MR) is 61.9 cm³/mol. The molecule has 1 aromatic rings. The third-order valence-electron chi connectivity index (χ3n) is 2.64. The molecule has 1 aliphatic heterocycles. The van der Waals surface area contributed by atoms with E-state index >= 15 is 0 Å². The van der Waals surface area contributed by atoms with Gasteiger partial charge in [-0.25, -0.2) is 9.69 Å². The zero-order valence-electron chi connectivity index (χ0n) is 8.94. The normalized spacial score (nSPS) is 18.1. The molecule has 0 radical (unpaired) electrons. The lowest BCUT2D eigenvalue weighted by atomic mass is 9.97. The molecule has 2 rings (SSSR count). The number of nitrogens with two attached hydrogens (primary N) is 1. The van der Waals surface area contributed by atoms with Gasteiger partial charge in [-0.1, -0.05) is 11.6 Å². The van der Waals surface area contributed by atoms with Crippen molar-refractivity contribution in [3.8, 4) is 0 Å². The van der Waals surface area contributed by atoms with E-state index in [0.29, 0.717) is 16.3 Å². The number of fused-ring (bicyclic) bond motifs is 1. The van der Waals surface area contributed by atoms with Gasteiger partial charge in [0.15, 0.2) is 0 Å². The molecule has 1 aliphatic rings. The van der Waals surface area contributed by atoms with Crippen molar-refractivity contribution in [1.29, 1.82) is 0 Å². The molecule has 3 amide bonds. The standard InChI is InChI=1S/C11H9ClN2O3/c1-5(15)9-7-4-6(12)2-3-8(7)14(10(9)16)11(13)17/h2-4,9H,1H3,(H2,13,17). The Kier molecular flexibility index (Phi) is 2.63. The second kappa shape index (κ2) is 3.85. The first kappa shape index (κ1) is 11.6. The van der Waals surface area contributed by atoms with Crippen molar-refractivity contribution in [3.05, 3.63) is 28.8 Å². The van der Waals surface area contributed by atoms with Gasteiger partial charge < -0.3 is 5.73 Å². The van der Waals surface area contributed by atoms with E-state index in [1.807, 2.05) is 0 Å². The van der Waals surface area contributed by atoms with Crippen LogP contribution in [0.25, 0.3) is 0 Å². The van der Waals surface area contributed by atoms with Gasteiger partial charge in [0.1, 0.15) is 11.7 Å². The van der Waals surface area contributed by atoms with E-state index in [9.17, 15) is 14.4 Å². The van der Waals surface area contributed by atoms with Crippen molar-refractivity contribution < 1.29 is 14.4 Å². The molecule has 1 heterocycles. The van der Waals surface area contributed by atoms with Crippen molar-refractivity contribution in [2.24, 2.45) is 5.73 Å². The highest BCUT2D eigenvalue weighted by Crippen LogP contribution is 2.39. The number of imide groups is 1. The number of primary amides is 1. The number of amides is 3.